The Morgan fingerprint density at radius 2 is 1.75 bits per heavy atom. The fourth-order valence-electron chi connectivity index (χ4n) is 12.1. The number of methoxy groups -OCH3 is 1. The van der Waals surface area contributed by atoms with E-state index in [1.54, 1.807) is 19.1 Å². The minimum Gasteiger partial charge on any atom is -0.489 e. The van der Waals surface area contributed by atoms with Gasteiger partial charge in [0.1, 0.15) is 30.4 Å². The van der Waals surface area contributed by atoms with Crippen LogP contribution >= 0.6 is 0 Å². The Morgan fingerprint density at radius 1 is 1.00 bits per heavy atom. The molecule has 10 rings (SSSR count). The monoisotopic (exact) mass is 1020 g/mol. The lowest BCUT2D eigenvalue weighted by Gasteiger charge is -2.57. The Hall–Kier alpha value is -5.98. The molecule has 18 heteroatoms. The lowest BCUT2D eigenvalue weighted by atomic mass is 9.70. The number of anilines is 2. The summed E-state index contributed by atoms with van der Waals surface area (Å²) in [7, 11) is -3.22. The van der Waals surface area contributed by atoms with Gasteiger partial charge in [-0.1, -0.05) is 58.4 Å². The first-order valence-electron chi connectivity index (χ1n) is 25.9. The summed E-state index contributed by atoms with van der Waals surface area (Å²) in [4.78, 5) is 38.0. The van der Waals surface area contributed by atoms with E-state index in [0.717, 1.165) is 82.7 Å². The molecule has 1 spiro atoms. The fraction of sp³-hybridized carbons (Fsp3) is 0.527. The second kappa shape index (κ2) is 20.0. The zero-order chi connectivity index (χ0) is 51.4. The average molecular weight is 1020 g/mol. The molecule has 2 saturated carbocycles. The molecule has 4 atom stereocenters. The number of piperidine rings is 1. The first-order valence-corrected chi connectivity index (χ1v) is 27.4. The number of carbonyl (C=O) groups excluding carboxylic acids is 1. The van der Waals surface area contributed by atoms with Crippen LogP contribution in [0.3, 0.4) is 0 Å². The van der Waals surface area contributed by atoms with Gasteiger partial charge in [-0.25, -0.2) is 17.5 Å². The molecule has 2 aromatic heterocycles. The van der Waals surface area contributed by atoms with Gasteiger partial charge in [0.05, 0.1) is 32.9 Å². The molecule has 5 aromatic rings. The lowest BCUT2D eigenvalue weighted by Crippen LogP contribution is -2.63. The Balaban J connectivity index is 0.904. The number of benzene rings is 3. The van der Waals surface area contributed by atoms with E-state index in [0.29, 0.717) is 17.9 Å². The van der Waals surface area contributed by atoms with E-state index in [1.807, 2.05) is 0 Å². The van der Waals surface area contributed by atoms with Crippen LogP contribution in [0.15, 0.2) is 71.8 Å². The number of nitro benzene ring substituents is 1. The molecule has 0 bridgehead atoms. The van der Waals surface area contributed by atoms with Gasteiger partial charge >= 0.3 is 0 Å². The largest absolute Gasteiger partial charge is 0.489 e. The van der Waals surface area contributed by atoms with Crippen LogP contribution in [0.25, 0.3) is 11.0 Å². The smallest absolute Gasteiger partial charge is 0.297 e. The highest BCUT2D eigenvalue weighted by molar-refractivity contribution is 7.90. The van der Waals surface area contributed by atoms with Gasteiger partial charge in [0, 0.05) is 75.5 Å². The summed E-state index contributed by atoms with van der Waals surface area (Å²) in [5.74, 6) is -0.489. The van der Waals surface area contributed by atoms with Crippen molar-refractivity contribution < 1.29 is 41.5 Å². The fourth-order valence-corrected chi connectivity index (χ4v) is 13.1. The van der Waals surface area contributed by atoms with Gasteiger partial charge in [0.15, 0.2) is 17.2 Å². The number of rotatable bonds is 15. The van der Waals surface area contributed by atoms with Crippen LogP contribution in [0.4, 0.5) is 21.5 Å². The van der Waals surface area contributed by atoms with Crippen molar-refractivity contribution in [3.05, 3.63) is 99.5 Å². The number of sulfonamides is 1. The van der Waals surface area contributed by atoms with Crippen LogP contribution in [0.2, 0.25) is 0 Å². The maximum atomic E-state index is 15.1. The molecule has 3 aliphatic heterocycles. The Morgan fingerprint density at radius 3 is 2.48 bits per heavy atom. The molecule has 16 nitrogen and oxygen atoms in total. The SMILES string of the molecule is CO[C@H](C)COc1nc2[nH]cc(F)c2cc1Oc1cc(N2CCC3(CC2)CN([C@H]2CCC[C@H]2c2ccccc2C(C)C)C3)ccc1C(=O)NS(=O)(=O)c1cc2c(c([N+](=O)[O-])c1)N[C@@H](C1CCC(C)(C)CC1)CO2. The number of H-pyrrole nitrogens is 1. The van der Waals surface area contributed by atoms with Crippen molar-refractivity contribution >= 4 is 44.0 Å². The Bertz CT molecular complexity index is 2990. The van der Waals surface area contributed by atoms with Gasteiger partial charge in [-0.05, 0) is 110 Å². The number of fused-ring (bicyclic) bond motifs is 2. The molecule has 4 fully saturated rings. The second-order valence-electron chi connectivity index (χ2n) is 22.3. The van der Waals surface area contributed by atoms with Gasteiger partial charge in [-0.2, -0.15) is 4.98 Å². The van der Waals surface area contributed by atoms with E-state index in [4.69, 9.17) is 18.9 Å². The molecule has 5 aliphatic rings. The van der Waals surface area contributed by atoms with Crippen LogP contribution in [-0.2, 0) is 14.8 Å². The highest BCUT2D eigenvalue weighted by Gasteiger charge is 2.49. The molecule has 2 aliphatic carbocycles. The zero-order valence-electron chi connectivity index (χ0n) is 42.7. The summed E-state index contributed by atoms with van der Waals surface area (Å²) in [6, 6.07) is 17.8. The van der Waals surface area contributed by atoms with Crippen molar-refractivity contribution in [2.45, 2.75) is 127 Å². The maximum Gasteiger partial charge on any atom is 0.297 e. The molecule has 0 radical (unpaired) electrons. The minimum atomic E-state index is -4.75. The van der Waals surface area contributed by atoms with E-state index in [-0.39, 0.29) is 87.5 Å². The van der Waals surface area contributed by atoms with Crippen molar-refractivity contribution in [1.29, 1.82) is 0 Å². The number of amides is 1. The van der Waals surface area contributed by atoms with E-state index < -0.39 is 37.3 Å². The van der Waals surface area contributed by atoms with Crippen molar-refractivity contribution in [2.24, 2.45) is 16.7 Å². The lowest BCUT2D eigenvalue weighted by molar-refractivity contribution is -0.384. The molecule has 0 unspecified atom stereocenters. The quantitative estimate of drug-likeness (QED) is 0.0664. The van der Waals surface area contributed by atoms with E-state index in [2.05, 4.69) is 81.8 Å². The number of nitrogens with one attached hydrogen (secondary N) is 3. The molecule has 2 saturated heterocycles. The Labute approximate surface area is 426 Å². The first kappa shape index (κ1) is 50.5. The molecule has 3 N–H and O–H groups in total. The molecule has 3 aromatic carbocycles. The summed E-state index contributed by atoms with van der Waals surface area (Å²) in [6.07, 6.45) is 10.3. The van der Waals surface area contributed by atoms with Crippen LogP contribution < -0.4 is 29.1 Å². The predicted octanol–water partition coefficient (Wildman–Crippen LogP) is 10.7. The summed E-state index contributed by atoms with van der Waals surface area (Å²) in [5.41, 5.74) is 3.77. The first-order chi connectivity index (χ1) is 34.9. The number of hydrogen-bond acceptors (Lipinski definition) is 13. The van der Waals surface area contributed by atoms with Gasteiger partial charge < -0.3 is 34.1 Å². The highest BCUT2D eigenvalue weighted by Crippen LogP contribution is 2.50. The number of hydrogen-bond donors (Lipinski definition) is 3. The maximum absolute atomic E-state index is 15.1. The third-order valence-electron chi connectivity index (χ3n) is 16.6. The minimum absolute atomic E-state index is 0.00561. The van der Waals surface area contributed by atoms with Crippen LogP contribution in [0.5, 0.6) is 23.1 Å². The standard InChI is InChI=1S/C55H68FN7O9S/c1-33(2)38-10-7-8-11-39(38)40-12-9-13-45(40)62-31-55(32-62)20-22-61(23-21-55)36-14-15-41(47(24-36)72-49-27-42-43(56)28-57-51(42)59-53(49)71-29-34(3)69-6)52(64)60-73(67,68)37-25-46(63(65)66)50-48(26-37)70-30-44(58-50)35-16-18-54(4,5)19-17-35/h7-8,10-11,14-15,24-28,33-35,40,44-45,58H,9,12-13,16-23,29-32H2,1-6H3,(H,57,59)(H,60,64)/t34-,40+,44-,45+/m1/s1. The average Bonchev–Trinajstić information content (AvgIpc) is 4.00. The van der Waals surface area contributed by atoms with Crippen LogP contribution in [-0.4, -0.2) is 98.8 Å². The number of pyridine rings is 1. The van der Waals surface area contributed by atoms with E-state index in [9.17, 15) is 23.3 Å². The van der Waals surface area contributed by atoms with Gasteiger partial charge in [-0.3, -0.25) is 19.8 Å². The van der Waals surface area contributed by atoms with E-state index >= 15 is 4.39 Å². The highest BCUT2D eigenvalue weighted by atomic mass is 32.2. The van der Waals surface area contributed by atoms with Crippen molar-refractivity contribution in [3.63, 3.8) is 0 Å². The number of nitro groups is 1. The number of aromatic nitrogens is 2. The number of likely N-dealkylation sites (tertiary alicyclic amines) is 1. The van der Waals surface area contributed by atoms with Crippen molar-refractivity contribution in [3.8, 4) is 23.1 Å². The van der Waals surface area contributed by atoms with Gasteiger partial charge in [-0.15, -0.1) is 0 Å². The number of ether oxygens (including phenoxy) is 4. The summed E-state index contributed by atoms with van der Waals surface area (Å²) in [5, 5.41) is 15.9. The predicted molar refractivity (Wildman–Crippen MR) is 277 cm³/mol. The molecule has 5 heterocycles. The van der Waals surface area contributed by atoms with Gasteiger partial charge in [0.25, 0.3) is 27.5 Å². The van der Waals surface area contributed by atoms with Crippen LogP contribution in [0, 0.1) is 32.7 Å². The van der Waals surface area contributed by atoms with Crippen molar-refractivity contribution in [2.75, 3.05) is 56.7 Å². The molecular formula is C55H68FN7O9S. The Kier molecular flexibility index (Phi) is 13.9. The topological polar surface area (TPSA) is 190 Å². The molecule has 73 heavy (non-hydrogen) atoms. The third-order valence-corrected chi connectivity index (χ3v) is 17.9. The van der Waals surface area contributed by atoms with Gasteiger partial charge in [0.2, 0.25) is 0 Å². The number of halogens is 1. The number of nitrogens with zero attached hydrogens (tertiary/aromatic N) is 4. The zero-order valence-corrected chi connectivity index (χ0v) is 43.5. The number of carbonyl (C=O) groups is 1. The van der Waals surface area contributed by atoms with Crippen molar-refractivity contribution in [1.82, 2.24) is 19.6 Å². The second-order valence-corrected chi connectivity index (χ2v) is 24.0. The third kappa shape index (κ3) is 10.3. The normalized spacial score (nSPS) is 22.3. The summed E-state index contributed by atoms with van der Waals surface area (Å²) >= 11 is 0. The van der Waals surface area contributed by atoms with E-state index in [1.165, 1.54) is 55.7 Å². The summed E-state index contributed by atoms with van der Waals surface area (Å²) < 4.78 is 69.6. The van der Waals surface area contributed by atoms with Crippen LogP contribution in [0.1, 0.15) is 126 Å². The number of aromatic amines is 1. The summed E-state index contributed by atoms with van der Waals surface area (Å²) in [6.45, 7) is 14.7. The molecule has 1 amide bonds. The molecule has 390 valence electrons. The molecular weight excluding hydrogens is 954 g/mol.